The van der Waals surface area contributed by atoms with E-state index in [9.17, 15) is 9.59 Å². The summed E-state index contributed by atoms with van der Waals surface area (Å²) in [5, 5.41) is 3.32. The molecule has 1 N–H and O–H groups in total. The van der Waals surface area contributed by atoms with Gasteiger partial charge in [-0.15, -0.1) is 0 Å². The van der Waals surface area contributed by atoms with Gasteiger partial charge < -0.3 is 5.32 Å². The van der Waals surface area contributed by atoms with E-state index in [-0.39, 0.29) is 18.1 Å². The molecule has 0 bridgehead atoms. The van der Waals surface area contributed by atoms with Crippen molar-refractivity contribution < 1.29 is 9.59 Å². The summed E-state index contributed by atoms with van der Waals surface area (Å²) in [4.78, 5) is 24.8. The Morgan fingerprint density at radius 1 is 1.14 bits per heavy atom. The number of hydrogen-bond acceptors (Lipinski definition) is 2. The first-order chi connectivity index (χ1) is 10.5. The molecule has 1 heterocycles. The average molecular weight is 426 g/mol. The first-order valence-corrected chi connectivity index (χ1v) is 8.35. The summed E-state index contributed by atoms with van der Waals surface area (Å²) in [6, 6.07) is 12.5. The van der Waals surface area contributed by atoms with E-state index in [1.54, 1.807) is 18.2 Å². The number of amides is 1. The molecule has 0 aromatic heterocycles. The van der Waals surface area contributed by atoms with Crippen LogP contribution in [0.25, 0.3) is 0 Å². The van der Waals surface area contributed by atoms with Crippen LogP contribution in [0.15, 0.2) is 42.5 Å². The lowest BCUT2D eigenvalue weighted by molar-refractivity contribution is -0.120. The minimum atomic E-state index is -0.501. The van der Waals surface area contributed by atoms with Crippen molar-refractivity contribution in [3.8, 4) is 0 Å². The van der Waals surface area contributed by atoms with Gasteiger partial charge in [-0.25, -0.2) is 0 Å². The van der Waals surface area contributed by atoms with Crippen LogP contribution in [0.3, 0.4) is 0 Å². The van der Waals surface area contributed by atoms with Crippen molar-refractivity contribution in [3.63, 3.8) is 0 Å². The van der Waals surface area contributed by atoms with E-state index in [1.165, 1.54) is 0 Å². The molecule has 0 saturated heterocycles. The minimum absolute atomic E-state index is 0.0213. The molecule has 1 amide bonds. The molecule has 1 aliphatic rings. The average Bonchev–Trinajstić information content (AvgIpc) is 2.60. The largest absolute Gasteiger partial charge is 0.342 e. The van der Waals surface area contributed by atoms with Gasteiger partial charge in [0.05, 0.1) is 6.04 Å². The normalized spacial score (nSPS) is 17.6. The van der Waals surface area contributed by atoms with Crippen molar-refractivity contribution in [2.45, 2.75) is 18.9 Å². The van der Waals surface area contributed by atoms with Crippen LogP contribution in [0.4, 0.5) is 0 Å². The molecule has 5 heteroatoms. The summed E-state index contributed by atoms with van der Waals surface area (Å²) in [7, 11) is 0. The van der Waals surface area contributed by atoms with Crippen LogP contribution in [0.2, 0.25) is 5.02 Å². The van der Waals surface area contributed by atoms with Crippen molar-refractivity contribution >= 4 is 45.9 Å². The first-order valence-electron chi connectivity index (χ1n) is 6.89. The monoisotopic (exact) mass is 425 g/mol. The molecule has 1 atom stereocenters. The van der Waals surface area contributed by atoms with E-state index in [0.29, 0.717) is 17.0 Å². The fourth-order valence-corrected chi connectivity index (χ4v) is 3.09. The minimum Gasteiger partial charge on any atom is -0.342 e. The second-order valence-corrected chi connectivity index (χ2v) is 6.98. The third kappa shape index (κ3) is 3.33. The van der Waals surface area contributed by atoms with E-state index >= 15 is 0 Å². The van der Waals surface area contributed by atoms with Crippen LogP contribution in [0.5, 0.6) is 0 Å². The molecule has 2 aromatic rings. The molecule has 0 unspecified atom stereocenters. The molecule has 2 aromatic carbocycles. The van der Waals surface area contributed by atoms with E-state index in [0.717, 1.165) is 14.7 Å². The van der Waals surface area contributed by atoms with Crippen LogP contribution in [-0.4, -0.2) is 17.7 Å². The maximum atomic E-state index is 12.4. The van der Waals surface area contributed by atoms with E-state index in [1.807, 2.05) is 24.3 Å². The molecule has 3 nitrogen and oxygen atoms in total. The molecule has 112 valence electrons. The topological polar surface area (TPSA) is 46.2 Å². The zero-order valence-electron chi connectivity index (χ0n) is 11.6. The highest BCUT2D eigenvalue weighted by Gasteiger charge is 2.28. The number of nitrogens with one attached hydrogen (secondary N) is 1. The second-order valence-electron chi connectivity index (χ2n) is 5.30. The van der Waals surface area contributed by atoms with Gasteiger partial charge >= 0.3 is 0 Å². The van der Waals surface area contributed by atoms with Crippen molar-refractivity contribution in [2.75, 3.05) is 0 Å². The van der Waals surface area contributed by atoms with Crippen molar-refractivity contribution in [1.29, 1.82) is 0 Å². The molecule has 0 spiro atoms. The molecule has 3 rings (SSSR count). The lowest BCUT2D eigenvalue weighted by Crippen LogP contribution is -2.40. The summed E-state index contributed by atoms with van der Waals surface area (Å²) in [6.45, 7) is 0. The van der Waals surface area contributed by atoms with Crippen molar-refractivity contribution in [3.05, 3.63) is 67.7 Å². The highest BCUT2D eigenvalue weighted by Crippen LogP contribution is 2.21. The van der Waals surface area contributed by atoms with E-state index < -0.39 is 6.04 Å². The fourth-order valence-electron chi connectivity index (χ4n) is 2.56. The van der Waals surface area contributed by atoms with Crippen LogP contribution >= 0.6 is 34.2 Å². The molecule has 0 aliphatic carbocycles. The Balaban J connectivity index is 1.85. The molecule has 1 aliphatic heterocycles. The Morgan fingerprint density at radius 3 is 2.59 bits per heavy atom. The molecule has 0 radical (unpaired) electrons. The number of hydrogen-bond donors (Lipinski definition) is 1. The zero-order chi connectivity index (χ0) is 15.7. The van der Waals surface area contributed by atoms with Gasteiger partial charge in [0, 0.05) is 20.6 Å². The number of halogens is 2. The molecular weight excluding hydrogens is 413 g/mol. The second kappa shape index (κ2) is 6.38. The summed E-state index contributed by atoms with van der Waals surface area (Å²) in [6.07, 6.45) is 0.753. The maximum absolute atomic E-state index is 12.4. The number of carbonyl (C=O) groups excluding carboxylic acids is 2. The highest BCUT2D eigenvalue weighted by atomic mass is 127. The summed E-state index contributed by atoms with van der Waals surface area (Å²) in [5.74, 6) is -0.216. The maximum Gasteiger partial charge on any atom is 0.252 e. The third-order valence-electron chi connectivity index (χ3n) is 3.73. The Kier molecular flexibility index (Phi) is 4.49. The molecular formula is C17H13ClINO2. The number of ketones is 1. The van der Waals surface area contributed by atoms with Crippen LogP contribution in [0, 0.1) is 3.57 Å². The van der Waals surface area contributed by atoms with Crippen molar-refractivity contribution in [2.24, 2.45) is 0 Å². The lowest BCUT2D eigenvalue weighted by atomic mass is 9.98. The van der Waals surface area contributed by atoms with Gasteiger partial charge in [0.15, 0.2) is 5.78 Å². The zero-order valence-corrected chi connectivity index (χ0v) is 14.5. The van der Waals surface area contributed by atoms with E-state index in [2.05, 4.69) is 27.9 Å². The third-order valence-corrected chi connectivity index (χ3v) is 4.68. The summed E-state index contributed by atoms with van der Waals surface area (Å²) >= 11 is 8.18. The van der Waals surface area contributed by atoms with Gasteiger partial charge in [-0.2, -0.15) is 0 Å². The lowest BCUT2D eigenvalue weighted by Gasteiger charge is -2.14. The first kappa shape index (κ1) is 15.5. The van der Waals surface area contributed by atoms with Crippen molar-refractivity contribution in [1.82, 2.24) is 5.32 Å². The van der Waals surface area contributed by atoms with Gasteiger partial charge in [-0.3, -0.25) is 9.59 Å². The van der Waals surface area contributed by atoms with Crippen LogP contribution in [-0.2, 0) is 17.6 Å². The number of Topliss-reactive ketones (excluding diaryl/α,β-unsaturated/α-hetero) is 1. The summed E-state index contributed by atoms with van der Waals surface area (Å²) < 4.78 is 1.14. The molecule has 0 saturated carbocycles. The summed E-state index contributed by atoms with van der Waals surface area (Å²) in [5.41, 5.74) is 2.26. The number of benzene rings is 2. The smallest absolute Gasteiger partial charge is 0.252 e. The van der Waals surface area contributed by atoms with Gasteiger partial charge in [0.1, 0.15) is 0 Å². The Bertz CT molecular complexity index is 743. The molecule has 22 heavy (non-hydrogen) atoms. The Hall–Kier alpha value is -1.40. The number of carbonyl (C=O) groups is 2. The Labute approximate surface area is 147 Å². The quantitative estimate of drug-likeness (QED) is 0.750. The fraction of sp³-hybridized carbons (Fsp3) is 0.176. The molecule has 0 fully saturated rings. The SMILES string of the molecule is O=C1N[C@@H](Cc2ccc(I)cc2)C(=O)Cc2ccc(Cl)cc21. The Morgan fingerprint density at radius 2 is 1.86 bits per heavy atom. The van der Waals surface area contributed by atoms with Crippen LogP contribution < -0.4 is 5.32 Å². The van der Waals surface area contributed by atoms with Gasteiger partial charge in [0.25, 0.3) is 5.91 Å². The van der Waals surface area contributed by atoms with Crippen LogP contribution in [0.1, 0.15) is 21.5 Å². The standard InChI is InChI=1S/C17H13ClINO2/c18-12-4-3-11-8-16(21)15(20-17(22)14(11)9-12)7-10-1-5-13(19)6-2-10/h1-6,9,15H,7-8H2,(H,20,22)/t15-/m0/s1. The van der Waals surface area contributed by atoms with Gasteiger partial charge in [0.2, 0.25) is 0 Å². The van der Waals surface area contributed by atoms with E-state index in [4.69, 9.17) is 11.6 Å². The van der Waals surface area contributed by atoms with Gasteiger partial charge in [-0.05, 0) is 64.4 Å². The number of rotatable bonds is 2. The number of fused-ring (bicyclic) bond motifs is 1. The predicted molar refractivity (Wildman–Crippen MR) is 94.3 cm³/mol. The predicted octanol–water partition coefficient (Wildman–Crippen LogP) is 3.41. The highest BCUT2D eigenvalue weighted by molar-refractivity contribution is 14.1. The van der Waals surface area contributed by atoms with Gasteiger partial charge in [-0.1, -0.05) is 29.8 Å².